The summed E-state index contributed by atoms with van der Waals surface area (Å²) in [4.78, 5) is 14.8. The number of carbonyl (C=O) groups excluding carboxylic acids is 1. The van der Waals surface area contributed by atoms with Gasteiger partial charge in [0.1, 0.15) is 6.10 Å². The number of hydrogen-bond donors (Lipinski definition) is 0. The van der Waals surface area contributed by atoms with Crippen LogP contribution in [0.1, 0.15) is 41.8 Å². The molecule has 0 spiro atoms. The lowest BCUT2D eigenvalue weighted by Gasteiger charge is -2.33. The summed E-state index contributed by atoms with van der Waals surface area (Å²) >= 11 is 0. The van der Waals surface area contributed by atoms with E-state index in [-0.39, 0.29) is 12.0 Å². The van der Waals surface area contributed by atoms with Crippen molar-refractivity contribution in [2.24, 2.45) is 0 Å². The zero-order valence-corrected chi connectivity index (χ0v) is 16.0. The Bertz CT molecular complexity index is 747. The summed E-state index contributed by atoms with van der Waals surface area (Å²) in [7, 11) is 1.59. The number of methoxy groups -OCH3 is 1. The van der Waals surface area contributed by atoms with Crippen LogP contribution < -0.4 is 9.47 Å². The fourth-order valence-electron chi connectivity index (χ4n) is 3.13. The van der Waals surface area contributed by atoms with Crippen LogP contribution in [0.25, 0.3) is 0 Å². The number of nitrogens with zero attached hydrogens (tertiary/aromatic N) is 1. The molecule has 144 valence electrons. The zero-order chi connectivity index (χ0) is 19.1. The Kier molecular flexibility index (Phi) is 6.71. The number of ether oxygens (including phenoxy) is 3. The Morgan fingerprint density at radius 3 is 2.74 bits per heavy atom. The van der Waals surface area contributed by atoms with Crippen molar-refractivity contribution in [3.63, 3.8) is 0 Å². The van der Waals surface area contributed by atoms with Gasteiger partial charge in [-0.2, -0.15) is 0 Å². The van der Waals surface area contributed by atoms with Crippen LogP contribution in [0, 0.1) is 0 Å². The average Bonchev–Trinajstić information content (AvgIpc) is 2.74. The van der Waals surface area contributed by atoms with Gasteiger partial charge in [0.25, 0.3) is 5.91 Å². The lowest BCUT2D eigenvalue weighted by Crippen LogP contribution is -2.42. The van der Waals surface area contributed by atoms with E-state index in [1.54, 1.807) is 19.2 Å². The van der Waals surface area contributed by atoms with Crippen LogP contribution in [-0.2, 0) is 4.74 Å². The normalized spacial score (nSPS) is 16.8. The van der Waals surface area contributed by atoms with E-state index < -0.39 is 0 Å². The first-order valence-corrected chi connectivity index (χ1v) is 9.49. The van der Waals surface area contributed by atoms with Gasteiger partial charge in [-0.25, -0.2) is 0 Å². The molecule has 1 aliphatic heterocycles. The van der Waals surface area contributed by atoms with E-state index in [9.17, 15) is 4.79 Å². The van der Waals surface area contributed by atoms with Gasteiger partial charge in [0.2, 0.25) is 0 Å². The molecule has 0 saturated carbocycles. The molecule has 5 heteroatoms. The Morgan fingerprint density at radius 2 is 2.00 bits per heavy atom. The monoisotopic (exact) mass is 369 g/mol. The number of morpholine rings is 1. The second kappa shape index (κ2) is 9.42. The molecule has 0 radical (unpaired) electrons. The van der Waals surface area contributed by atoms with Crippen LogP contribution >= 0.6 is 0 Å². The minimum atomic E-state index is -0.0950. The van der Waals surface area contributed by atoms with Gasteiger partial charge in [0.05, 0.1) is 26.9 Å². The van der Waals surface area contributed by atoms with E-state index in [2.05, 4.69) is 6.92 Å². The first-order chi connectivity index (χ1) is 13.2. The van der Waals surface area contributed by atoms with Crippen LogP contribution in [0.15, 0.2) is 48.5 Å². The minimum Gasteiger partial charge on any atom is -0.493 e. The molecule has 5 nitrogen and oxygen atoms in total. The fraction of sp³-hybridized carbons (Fsp3) is 0.409. The molecular formula is C22H27NO4. The molecule has 1 aliphatic rings. The first-order valence-electron chi connectivity index (χ1n) is 9.49. The van der Waals surface area contributed by atoms with Gasteiger partial charge in [-0.1, -0.05) is 43.7 Å². The SMILES string of the molecule is CCCCOc1ccc(C(=O)N2CCOC(c3ccccc3)C2)cc1OC. The van der Waals surface area contributed by atoms with Gasteiger partial charge >= 0.3 is 0 Å². The van der Waals surface area contributed by atoms with E-state index in [1.807, 2.05) is 41.3 Å². The third-order valence-corrected chi connectivity index (χ3v) is 4.69. The number of amides is 1. The van der Waals surface area contributed by atoms with Crippen molar-refractivity contribution >= 4 is 5.91 Å². The maximum atomic E-state index is 13.0. The van der Waals surface area contributed by atoms with Crippen molar-refractivity contribution < 1.29 is 19.0 Å². The molecule has 0 aromatic heterocycles. The second-order valence-electron chi connectivity index (χ2n) is 6.59. The minimum absolute atomic E-state index is 0.0161. The third-order valence-electron chi connectivity index (χ3n) is 4.69. The van der Waals surface area contributed by atoms with Crippen molar-refractivity contribution in [1.82, 2.24) is 4.90 Å². The maximum absolute atomic E-state index is 13.0. The second-order valence-corrected chi connectivity index (χ2v) is 6.59. The molecule has 1 unspecified atom stereocenters. The Balaban J connectivity index is 1.71. The van der Waals surface area contributed by atoms with Crippen LogP contribution in [0.4, 0.5) is 0 Å². The number of unbranched alkanes of at least 4 members (excludes halogenated alkanes) is 1. The summed E-state index contributed by atoms with van der Waals surface area (Å²) in [5, 5.41) is 0. The molecule has 1 amide bonds. The van der Waals surface area contributed by atoms with E-state index in [0.717, 1.165) is 18.4 Å². The molecule has 1 atom stereocenters. The maximum Gasteiger partial charge on any atom is 0.254 e. The predicted octanol–water partition coefficient (Wildman–Crippen LogP) is 4.09. The van der Waals surface area contributed by atoms with E-state index in [0.29, 0.717) is 43.4 Å². The molecule has 0 N–H and O–H groups in total. The fourth-order valence-corrected chi connectivity index (χ4v) is 3.13. The van der Waals surface area contributed by atoms with Crippen LogP contribution in [0.3, 0.4) is 0 Å². The van der Waals surface area contributed by atoms with Crippen molar-refractivity contribution in [2.45, 2.75) is 25.9 Å². The van der Waals surface area contributed by atoms with Crippen molar-refractivity contribution in [3.05, 3.63) is 59.7 Å². The first kappa shape index (κ1) is 19.2. The summed E-state index contributed by atoms with van der Waals surface area (Å²) < 4.78 is 17.0. The highest BCUT2D eigenvalue weighted by Crippen LogP contribution is 2.30. The molecule has 1 fully saturated rings. The van der Waals surface area contributed by atoms with Crippen molar-refractivity contribution in [3.8, 4) is 11.5 Å². The Morgan fingerprint density at radius 1 is 1.19 bits per heavy atom. The lowest BCUT2D eigenvalue weighted by atomic mass is 10.1. The smallest absolute Gasteiger partial charge is 0.254 e. The quantitative estimate of drug-likeness (QED) is 0.690. The van der Waals surface area contributed by atoms with Gasteiger partial charge < -0.3 is 19.1 Å². The highest BCUT2D eigenvalue weighted by molar-refractivity contribution is 5.95. The largest absolute Gasteiger partial charge is 0.493 e. The lowest BCUT2D eigenvalue weighted by molar-refractivity contribution is -0.0228. The van der Waals surface area contributed by atoms with Crippen LogP contribution in [0.2, 0.25) is 0 Å². The van der Waals surface area contributed by atoms with Crippen LogP contribution in [0.5, 0.6) is 11.5 Å². The number of hydrogen-bond acceptors (Lipinski definition) is 4. The van der Waals surface area contributed by atoms with E-state index >= 15 is 0 Å². The number of rotatable bonds is 7. The zero-order valence-electron chi connectivity index (χ0n) is 16.0. The molecule has 2 aromatic rings. The third kappa shape index (κ3) is 4.80. The summed E-state index contributed by atoms with van der Waals surface area (Å²) in [6.07, 6.45) is 1.96. The summed E-state index contributed by atoms with van der Waals surface area (Å²) in [5.74, 6) is 1.24. The van der Waals surface area contributed by atoms with Gasteiger partial charge in [-0.3, -0.25) is 4.79 Å². The summed E-state index contributed by atoms with van der Waals surface area (Å²) in [5.41, 5.74) is 1.69. The standard InChI is InChI=1S/C22H27NO4/c1-3-4-13-26-19-11-10-18(15-20(19)25-2)22(24)23-12-14-27-21(16-23)17-8-6-5-7-9-17/h5-11,15,21H,3-4,12-14,16H2,1-2H3. The van der Waals surface area contributed by atoms with Gasteiger partial charge in [0.15, 0.2) is 11.5 Å². The highest BCUT2D eigenvalue weighted by atomic mass is 16.5. The highest BCUT2D eigenvalue weighted by Gasteiger charge is 2.26. The molecule has 3 rings (SSSR count). The molecule has 0 bridgehead atoms. The molecule has 1 saturated heterocycles. The molecule has 27 heavy (non-hydrogen) atoms. The summed E-state index contributed by atoms with van der Waals surface area (Å²) in [6.45, 7) is 4.41. The molecule has 0 aliphatic carbocycles. The average molecular weight is 369 g/mol. The molecule has 1 heterocycles. The number of benzene rings is 2. The Labute approximate surface area is 160 Å². The number of carbonyl (C=O) groups is 1. The van der Waals surface area contributed by atoms with Gasteiger partial charge in [0, 0.05) is 12.1 Å². The predicted molar refractivity (Wildman–Crippen MR) is 104 cm³/mol. The van der Waals surface area contributed by atoms with Crippen molar-refractivity contribution in [2.75, 3.05) is 33.4 Å². The van der Waals surface area contributed by atoms with E-state index in [4.69, 9.17) is 14.2 Å². The van der Waals surface area contributed by atoms with Crippen LogP contribution in [-0.4, -0.2) is 44.2 Å². The topological polar surface area (TPSA) is 48.0 Å². The van der Waals surface area contributed by atoms with Crippen molar-refractivity contribution in [1.29, 1.82) is 0 Å². The summed E-state index contributed by atoms with van der Waals surface area (Å²) in [6, 6.07) is 15.4. The molecule has 2 aromatic carbocycles. The molecular weight excluding hydrogens is 342 g/mol. The van der Waals surface area contributed by atoms with E-state index in [1.165, 1.54) is 0 Å². The van der Waals surface area contributed by atoms with Gasteiger partial charge in [-0.05, 0) is 30.2 Å². The van der Waals surface area contributed by atoms with Gasteiger partial charge in [-0.15, -0.1) is 0 Å². The Hall–Kier alpha value is -2.53.